The molecule has 238 valence electrons. The lowest BCUT2D eigenvalue weighted by molar-refractivity contribution is -0.140. The van der Waals surface area contributed by atoms with Crippen molar-refractivity contribution in [3.05, 3.63) is 0 Å². The quantitative estimate of drug-likeness (QED) is 0.0442. The first-order valence-corrected chi connectivity index (χ1v) is 17.6. The SMILES string of the molecule is CCCCCCCCCCCCCCCC(=O)C(CCCCCCCCCCCCCC)C(=O)NC(C)(O)CO. The van der Waals surface area contributed by atoms with Gasteiger partial charge in [0, 0.05) is 6.42 Å². The molecule has 0 aromatic heterocycles. The first kappa shape index (κ1) is 39.1. The average molecular weight is 568 g/mol. The maximum Gasteiger partial charge on any atom is 0.232 e. The van der Waals surface area contributed by atoms with Crippen LogP contribution in [0.1, 0.15) is 194 Å². The molecule has 2 unspecified atom stereocenters. The summed E-state index contributed by atoms with van der Waals surface area (Å²) in [6, 6.07) is 0. The third-order valence-electron chi connectivity index (χ3n) is 8.28. The van der Waals surface area contributed by atoms with E-state index in [0.717, 1.165) is 38.5 Å². The van der Waals surface area contributed by atoms with Gasteiger partial charge in [0.25, 0.3) is 0 Å². The number of carbonyl (C=O) groups is 2. The van der Waals surface area contributed by atoms with Crippen LogP contribution in [0, 0.1) is 5.92 Å². The molecule has 5 nitrogen and oxygen atoms in total. The largest absolute Gasteiger partial charge is 0.391 e. The van der Waals surface area contributed by atoms with Gasteiger partial charge in [-0.25, -0.2) is 0 Å². The van der Waals surface area contributed by atoms with Gasteiger partial charge >= 0.3 is 0 Å². The van der Waals surface area contributed by atoms with Gasteiger partial charge in [0.1, 0.15) is 5.78 Å². The van der Waals surface area contributed by atoms with E-state index >= 15 is 0 Å². The van der Waals surface area contributed by atoms with Crippen LogP contribution in [0.3, 0.4) is 0 Å². The van der Waals surface area contributed by atoms with Crippen molar-refractivity contribution in [3.63, 3.8) is 0 Å². The molecule has 2 atom stereocenters. The zero-order valence-electron chi connectivity index (χ0n) is 27.1. The molecule has 0 heterocycles. The van der Waals surface area contributed by atoms with Crippen LogP contribution in [0.2, 0.25) is 0 Å². The molecule has 3 N–H and O–H groups in total. The van der Waals surface area contributed by atoms with Crippen LogP contribution >= 0.6 is 0 Å². The smallest absolute Gasteiger partial charge is 0.232 e. The van der Waals surface area contributed by atoms with Gasteiger partial charge < -0.3 is 15.5 Å². The minimum Gasteiger partial charge on any atom is -0.391 e. The van der Waals surface area contributed by atoms with E-state index in [1.807, 2.05) is 0 Å². The minimum atomic E-state index is -1.69. The van der Waals surface area contributed by atoms with Crippen molar-refractivity contribution >= 4 is 11.7 Å². The third kappa shape index (κ3) is 24.8. The molecule has 0 aliphatic carbocycles. The molecule has 40 heavy (non-hydrogen) atoms. The summed E-state index contributed by atoms with van der Waals surface area (Å²) in [6.45, 7) is 5.31. The minimum absolute atomic E-state index is 0.0163. The Hall–Kier alpha value is -0.940. The lowest BCUT2D eigenvalue weighted by Gasteiger charge is -2.25. The second-order valence-electron chi connectivity index (χ2n) is 12.6. The molecule has 0 saturated heterocycles. The number of aliphatic hydroxyl groups is 2. The summed E-state index contributed by atoms with van der Waals surface area (Å²) in [4.78, 5) is 25.8. The molecular formula is C35H69NO4. The molecule has 0 aromatic carbocycles. The second kappa shape index (κ2) is 28.2. The molecule has 0 saturated carbocycles. The Morgan fingerprint density at radius 3 is 1.25 bits per heavy atom. The predicted octanol–water partition coefficient (Wildman–Crippen LogP) is 9.56. The number of unbranched alkanes of at least 4 members (excludes halogenated alkanes) is 23. The highest BCUT2D eigenvalue weighted by molar-refractivity contribution is 6.01. The van der Waals surface area contributed by atoms with E-state index in [0.29, 0.717) is 12.8 Å². The maximum atomic E-state index is 13.0. The summed E-state index contributed by atoms with van der Waals surface area (Å²) in [5.74, 6) is -1.18. The topological polar surface area (TPSA) is 86.6 Å². The van der Waals surface area contributed by atoms with E-state index in [1.165, 1.54) is 129 Å². The molecule has 0 spiro atoms. The molecule has 0 rings (SSSR count). The standard InChI is InChI=1S/C35H69NO4/c1-4-6-8-10-12-14-16-18-20-22-24-26-28-30-33(38)32(34(39)36-35(3,40)31-37)29-27-25-23-21-19-17-15-13-11-9-7-5-2/h32,37,40H,4-31H2,1-3H3,(H,36,39). The van der Waals surface area contributed by atoms with Gasteiger partial charge in [-0.15, -0.1) is 0 Å². The fraction of sp³-hybridized carbons (Fsp3) is 0.943. The zero-order chi connectivity index (χ0) is 29.7. The van der Waals surface area contributed by atoms with Gasteiger partial charge in [0.15, 0.2) is 5.72 Å². The van der Waals surface area contributed by atoms with Crippen molar-refractivity contribution in [2.45, 2.75) is 200 Å². The molecule has 0 aliphatic rings. The molecule has 0 bridgehead atoms. The van der Waals surface area contributed by atoms with Crippen LogP contribution < -0.4 is 5.32 Å². The fourth-order valence-electron chi connectivity index (χ4n) is 5.51. The highest BCUT2D eigenvalue weighted by Gasteiger charge is 2.30. The van der Waals surface area contributed by atoms with Gasteiger partial charge in [0.2, 0.25) is 5.91 Å². The van der Waals surface area contributed by atoms with E-state index in [9.17, 15) is 19.8 Å². The Bertz CT molecular complexity index is 578. The van der Waals surface area contributed by atoms with Gasteiger partial charge in [0.05, 0.1) is 12.5 Å². The maximum absolute atomic E-state index is 13.0. The van der Waals surface area contributed by atoms with Crippen molar-refractivity contribution in [1.82, 2.24) is 5.32 Å². The Balaban J connectivity index is 4.13. The summed E-state index contributed by atoms with van der Waals surface area (Å²) in [5.41, 5.74) is -1.69. The van der Waals surface area contributed by atoms with Gasteiger partial charge in [-0.2, -0.15) is 0 Å². The van der Waals surface area contributed by atoms with E-state index in [4.69, 9.17) is 0 Å². The highest BCUT2D eigenvalue weighted by Crippen LogP contribution is 2.19. The molecule has 0 aliphatic heterocycles. The number of rotatable bonds is 31. The molecule has 0 aromatic rings. The predicted molar refractivity (Wildman–Crippen MR) is 170 cm³/mol. The monoisotopic (exact) mass is 568 g/mol. The summed E-state index contributed by atoms with van der Waals surface area (Å²) in [7, 11) is 0. The first-order valence-electron chi connectivity index (χ1n) is 17.6. The Labute approximate surface area is 249 Å². The number of amides is 1. The fourth-order valence-corrected chi connectivity index (χ4v) is 5.51. The average Bonchev–Trinajstić information content (AvgIpc) is 2.93. The van der Waals surface area contributed by atoms with E-state index < -0.39 is 24.2 Å². The van der Waals surface area contributed by atoms with E-state index in [-0.39, 0.29) is 5.78 Å². The van der Waals surface area contributed by atoms with Crippen molar-refractivity contribution in [2.75, 3.05) is 6.61 Å². The van der Waals surface area contributed by atoms with Crippen molar-refractivity contribution in [3.8, 4) is 0 Å². The normalized spacial score (nSPS) is 13.7. The molecule has 5 heteroatoms. The van der Waals surface area contributed by atoms with Gasteiger partial charge in [-0.1, -0.05) is 168 Å². The molecule has 0 fully saturated rings. The lowest BCUT2D eigenvalue weighted by atomic mass is 9.91. The summed E-state index contributed by atoms with van der Waals surface area (Å²) in [5, 5.41) is 21.9. The Kier molecular flexibility index (Phi) is 27.5. The number of Topliss-reactive ketones (excluding diaryl/α,β-unsaturated/α-hetero) is 1. The Morgan fingerprint density at radius 2 is 0.900 bits per heavy atom. The van der Waals surface area contributed by atoms with Crippen LogP contribution in [0.4, 0.5) is 0 Å². The number of nitrogens with one attached hydrogen (secondary N) is 1. The van der Waals surface area contributed by atoms with Crippen LogP contribution in [0.25, 0.3) is 0 Å². The van der Waals surface area contributed by atoms with Crippen LogP contribution in [0.5, 0.6) is 0 Å². The summed E-state index contributed by atoms with van der Waals surface area (Å²) in [6.07, 6.45) is 32.3. The number of aliphatic hydroxyl groups excluding tert-OH is 1. The van der Waals surface area contributed by atoms with Crippen molar-refractivity contribution in [2.24, 2.45) is 5.92 Å². The first-order chi connectivity index (χ1) is 19.4. The number of carbonyl (C=O) groups excluding carboxylic acids is 2. The molecular weight excluding hydrogens is 498 g/mol. The van der Waals surface area contributed by atoms with Gasteiger partial charge in [-0.3, -0.25) is 9.59 Å². The van der Waals surface area contributed by atoms with E-state index in [2.05, 4.69) is 19.2 Å². The Morgan fingerprint density at radius 1 is 0.575 bits per heavy atom. The number of ketones is 1. The summed E-state index contributed by atoms with van der Waals surface area (Å²) >= 11 is 0. The molecule has 0 radical (unpaired) electrons. The van der Waals surface area contributed by atoms with Crippen LogP contribution in [-0.2, 0) is 9.59 Å². The lowest BCUT2D eigenvalue weighted by Crippen LogP contribution is -2.51. The molecule has 1 amide bonds. The highest BCUT2D eigenvalue weighted by atomic mass is 16.3. The third-order valence-corrected chi connectivity index (χ3v) is 8.28. The number of hydrogen-bond donors (Lipinski definition) is 3. The second-order valence-corrected chi connectivity index (χ2v) is 12.6. The zero-order valence-corrected chi connectivity index (χ0v) is 27.1. The van der Waals surface area contributed by atoms with Crippen molar-refractivity contribution in [1.29, 1.82) is 0 Å². The summed E-state index contributed by atoms with van der Waals surface area (Å²) < 4.78 is 0. The van der Waals surface area contributed by atoms with Gasteiger partial charge in [-0.05, 0) is 19.8 Å². The van der Waals surface area contributed by atoms with Crippen LogP contribution in [0.15, 0.2) is 0 Å². The van der Waals surface area contributed by atoms with Crippen molar-refractivity contribution < 1.29 is 19.8 Å². The van der Waals surface area contributed by atoms with E-state index in [1.54, 1.807) is 0 Å². The van der Waals surface area contributed by atoms with Crippen LogP contribution in [-0.4, -0.2) is 34.2 Å². The number of hydrogen-bond acceptors (Lipinski definition) is 4.